The molecule has 0 aromatic heterocycles. The molecule has 0 saturated heterocycles. The fourth-order valence-corrected chi connectivity index (χ4v) is 11.0. The third kappa shape index (κ3) is 6.91. The van der Waals surface area contributed by atoms with Crippen molar-refractivity contribution >= 4 is 72.5 Å². The van der Waals surface area contributed by atoms with Gasteiger partial charge >= 0.3 is 0 Å². The maximum Gasteiger partial charge on any atom is 0.235 e. The highest BCUT2D eigenvalue weighted by atomic mass is 16.3. The molecular formula is C54H59N5O4. The van der Waals surface area contributed by atoms with E-state index in [0.29, 0.717) is 57.3 Å². The summed E-state index contributed by atoms with van der Waals surface area (Å²) in [6, 6.07) is 25.2. The minimum Gasteiger partial charge on any atom is -0.871 e. The number of nitrogens with one attached hydrogen (secondary N) is 4. The number of hydrogen-bond acceptors (Lipinski definition) is 7. The Kier molecular flexibility index (Phi) is 10.2. The van der Waals surface area contributed by atoms with Gasteiger partial charge in [-0.25, -0.2) is 9.98 Å². The van der Waals surface area contributed by atoms with Gasteiger partial charge in [0, 0.05) is 73.3 Å². The molecule has 4 N–H and O–H groups in total. The van der Waals surface area contributed by atoms with E-state index in [1.54, 1.807) is 0 Å². The molecule has 9 nitrogen and oxygen atoms in total. The van der Waals surface area contributed by atoms with E-state index >= 15 is 0 Å². The third-order valence-corrected chi connectivity index (χ3v) is 13.0. The van der Waals surface area contributed by atoms with Crippen molar-refractivity contribution in [2.24, 2.45) is 23.7 Å². The first kappa shape index (κ1) is 42.1. The molecular weight excluding hydrogens is 783 g/mol. The summed E-state index contributed by atoms with van der Waals surface area (Å²) in [6.07, 6.45) is 3.10. The first-order valence-electron chi connectivity index (χ1n) is 22.6. The van der Waals surface area contributed by atoms with Crippen molar-refractivity contribution in [3.05, 3.63) is 123 Å². The molecule has 2 heterocycles. The smallest absolute Gasteiger partial charge is 0.235 e. The fraction of sp³-hybridized carbons (Fsp3) is 0.370. The predicted molar refractivity (Wildman–Crippen MR) is 248 cm³/mol. The Morgan fingerprint density at radius 3 is 1.54 bits per heavy atom. The summed E-state index contributed by atoms with van der Waals surface area (Å²) < 4.78 is 0. The summed E-state index contributed by atoms with van der Waals surface area (Å²) in [5.41, 5.74) is 3.22. The predicted octanol–water partition coefficient (Wildman–Crippen LogP) is 2.90. The topological polar surface area (TPSA) is 136 Å². The first-order valence-corrected chi connectivity index (χ1v) is 22.6. The van der Waals surface area contributed by atoms with E-state index in [2.05, 4.69) is 94.2 Å². The molecule has 2 aliphatic heterocycles. The quantitative estimate of drug-likeness (QED) is 0.161. The number of ketones is 2. The Hall–Kier alpha value is -6.22. The van der Waals surface area contributed by atoms with Gasteiger partial charge in [0.1, 0.15) is 0 Å². The van der Waals surface area contributed by atoms with Gasteiger partial charge in [-0.3, -0.25) is 9.59 Å². The van der Waals surface area contributed by atoms with Crippen LogP contribution < -0.4 is 56.9 Å². The van der Waals surface area contributed by atoms with Crippen molar-refractivity contribution in [1.82, 2.24) is 0 Å². The molecule has 0 spiro atoms. The minimum absolute atomic E-state index is 0.140. The Morgan fingerprint density at radius 2 is 1.03 bits per heavy atom. The summed E-state index contributed by atoms with van der Waals surface area (Å²) in [5.74, 6) is 0.0886. The maximum atomic E-state index is 14.9. The molecule has 5 aromatic carbocycles. The lowest BCUT2D eigenvalue weighted by Crippen LogP contribution is -2.96. The second-order valence-corrected chi connectivity index (χ2v) is 20.3. The van der Waals surface area contributed by atoms with Crippen LogP contribution in [0.2, 0.25) is 0 Å². The summed E-state index contributed by atoms with van der Waals surface area (Å²) in [6.45, 7) is 17.5. The molecule has 5 aromatic rings. The minimum atomic E-state index is -0.714. The maximum absolute atomic E-state index is 14.9. The van der Waals surface area contributed by atoms with Crippen LogP contribution in [-0.4, -0.2) is 37.0 Å². The zero-order valence-corrected chi connectivity index (χ0v) is 38.2. The second kappa shape index (κ2) is 15.2. The molecule has 0 bridgehead atoms. The van der Waals surface area contributed by atoms with Gasteiger partial charge in [0.2, 0.25) is 22.0 Å². The van der Waals surface area contributed by atoms with E-state index in [1.165, 1.54) is 0 Å². The number of carbonyl (C=O) groups is 2. The van der Waals surface area contributed by atoms with Crippen LogP contribution in [0.5, 0.6) is 0 Å². The number of allylic oxidation sites excluding steroid dienone is 4. The lowest BCUT2D eigenvalue weighted by atomic mass is 9.78. The zero-order chi connectivity index (χ0) is 44.9. The Morgan fingerprint density at radius 1 is 0.556 bits per heavy atom. The average Bonchev–Trinajstić information content (AvgIpc) is 3.19. The van der Waals surface area contributed by atoms with Crippen LogP contribution >= 0.6 is 0 Å². The van der Waals surface area contributed by atoms with E-state index in [1.807, 2.05) is 79.7 Å². The second-order valence-electron chi connectivity index (χ2n) is 20.3. The molecule has 0 atom stereocenters. The molecule has 2 aliphatic carbocycles. The van der Waals surface area contributed by atoms with Crippen molar-refractivity contribution in [2.45, 2.75) is 92.4 Å². The zero-order valence-electron chi connectivity index (χ0n) is 38.2. The van der Waals surface area contributed by atoms with Gasteiger partial charge in [0.25, 0.3) is 0 Å². The number of nitrogens with zero attached hydrogens (tertiary/aromatic N) is 1. The summed E-state index contributed by atoms with van der Waals surface area (Å²) in [5, 5.41) is 43.0. The fourth-order valence-electron chi connectivity index (χ4n) is 11.0. The van der Waals surface area contributed by atoms with Gasteiger partial charge < -0.3 is 25.7 Å². The lowest BCUT2D eigenvalue weighted by Gasteiger charge is -2.37. The normalized spacial score (nSPS) is 19.1. The van der Waals surface area contributed by atoms with Crippen LogP contribution in [0.25, 0.3) is 43.8 Å². The van der Waals surface area contributed by atoms with E-state index in [9.17, 15) is 19.8 Å². The van der Waals surface area contributed by atoms with Gasteiger partial charge in [-0.1, -0.05) is 115 Å². The van der Waals surface area contributed by atoms with Crippen LogP contribution in [0.3, 0.4) is 0 Å². The van der Waals surface area contributed by atoms with E-state index in [0.717, 1.165) is 51.1 Å². The molecule has 324 valence electrons. The number of anilines is 3. The molecule has 9 heteroatoms. The van der Waals surface area contributed by atoms with Gasteiger partial charge in [-0.2, -0.15) is 0 Å². The van der Waals surface area contributed by atoms with Crippen LogP contribution in [0, 0.1) is 23.7 Å². The van der Waals surface area contributed by atoms with E-state index < -0.39 is 11.3 Å². The van der Waals surface area contributed by atoms with Gasteiger partial charge in [-0.05, 0) is 70.3 Å². The summed E-state index contributed by atoms with van der Waals surface area (Å²) in [7, 11) is 3.89. The summed E-state index contributed by atoms with van der Waals surface area (Å²) in [4.78, 5) is 38.8. The molecule has 9 rings (SSSR count). The molecule has 0 unspecified atom stereocenters. The molecule has 0 amide bonds. The number of hydrogen-bond donors (Lipinski definition) is 4. The van der Waals surface area contributed by atoms with Crippen molar-refractivity contribution in [1.29, 1.82) is 0 Å². The standard InChI is InChI=1S/C54H59N5O4/c1-28(2)24-53(25-29(3)4)55-39-13-11-12-32-16-21-36(46(56-53)40(32)39)44-51(62)45(52(44)63)38-23-18-33-17-22-37(43-49(60)42(50(43)61)34-14-19-35(20-15-34)59(9)10)47-41(33)48(38)58-54(57-47,26-30(5)6)27-31(7)8/h11-23,28-31,55,58,60,62H,24-27H2,1-10H3/b43-37-,44-36-. The van der Waals surface area contributed by atoms with Crippen LogP contribution in [-0.2, 0) is 9.59 Å². The van der Waals surface area contributed by atoms with Crippen LogP contribution in [0.1, 0.15) is 92.2 Å². The van der Waals surface area contributed by atoms with Crippen LogP contribution in [0.4, 0.5) is 17.1 Å². The largest absolute Gasteiger partial charge is 0.871 e. The SMILES string of the molecule is CC(C)CC1(CC(C)C)Nc2cccc3cc/c(=C4/C(=O)C(c5ccc6cc/c(=C7/C(=O)C(c8ccc(N(C)C)cc8)=C7[O-])c7c6c5NC(CC(C)C)(CC(C)C)[NH+]=7)=C4[O-])c(c23)=[NH+]1. The molecule has 0 fully saturated rings. The highest BCUT2D eigenvalue weighted by Gasteiger charge is 2.44. The first-order chi connectivity index (χ1) is 29.9. The van der Waals surface area contributed by atoms with Crippen molar-refractivity contribution < 1.29 is 29.8 Å². The Labute approximate surface area is 369 Å². The number of rotatable bonds is 11. The van der Waals surface area contributed by atoms with E-state index in [-0.39, 0.29) is 57.2 Å². The van der Waals surface area contributed by atoms with Gasteiger partial charge in [-0.15, -0.1) is 0 Å². The molecule has 0 saturated carbocycles. The number of carbonyl (C=O) groups excluding carboxylic acids is 2. The molecule has 4 aliphatic rings. The average molecular weight is 842 g/mol. The Bertz CT molecular complexity index is 3100. The van der Waals surface area contributed by atoms with Gasteiger partial charge in [0.05, 0.1) is 32.6 Å². The lowest BCUT2D eigenvalue weighted by molar-refractivity contribution is -0.589. The highest BCUT2D eigenvalue weighted by molar-refractivity contribution is 6.52. The molecule has 0 radical (unpaired) electrons. The number of Topliss-reactive ketones (excluding diaryl/α,β-unsaturated/α-hetero) is 2. The van der Waals surface area contributed by atoms with Crippen molar-refractivity contribution in [2.75, 3.05) is 29.6 Å². The summed E-state index contributed by atoms with van der Waals surface area (Å²) >= 11 is 0. The van der Waals surface area contributed by atoms with Gasteiger partial charge in [0.15, 0.2) is 11.6 Å². The molecule has 63 heavy (non-hydrogen) atoms. The highest BCUT2D eigenvalue weighted by Crippen LogP contribution is 2.42. The number of benzene rings is 5. The van der Waals surface area contributed by atoms with Crippen molar-refractivity contribution in [3.8, 4) is 0 Å². The van der Waals surface area contributed by atoms with Crippen LogP contribution in [0.15, 0.2) is 90.4 Å². The van der Waals surface area contributed by atoms with E-state index in [4.69, 9.17) is 0 Å². The Balaban J connectivity index is 1.30. The van der Waals surface area contributed by atoms with Crippen molar-refractivity contribution in [3.63, 3.8) is 0 Å². The monoisotopic (exact) mass is 841 g/mol. The third-order valence-electron chi connectivity index (χ3n) is 13.0.